The van der Waals surface area contributed by atoms with Gasteiger partial charge in [0.25, 0.3) is 5.69 Å². The molecule has 2 aromatic carbocycles. The lowest BCUT2D eigenvalue weighted by Gasteiger charge is -2.18. The predicted molar refractivity (Wildman–Crippen MR) is 86.4 cm³/mol. The molecule has 114 valence electrons. The molecule has 0 aliphatic carbocycles. The second kappa shape index (κ2) is 6.91. The van der Waals surface area contributed by atoms with Crippen LogP contribution >= 0.6 is 11.6 Å². The first-order chi connectivity index (χ1) is 10.5. The summed E-state index contributed by atoms with van der Waals surface area (Å²) in [7, 11) is 1.62. The van der Waals surface area contributed by atoms with Crippen LogP contribution in [0, 0.1) is 10.1 Å². The van der Waals surface area contributed by atoms with E-state index in [-0.39, 0.29) is 18.1 Å². The van der Waals surface area contributed by atoms with Gasteiger partial charge in [-0.05, 0) is 24.3 Å². The van der Waals surface area contributed by atoms with Crippen molar-refractivity contribution in [1.29, 1.82) is 0 Å². The third-order valence-electron chi connectivity index (χ3n) is 2.98. The van der Waals surface area contributed by atoms with Gasteiger partial charge in [0.05, 0.1) is 11.5 Å². The third-order valence-corrected chi connectivity index (χ3v) is 3.21. The van der Waals surface area contributed by atoms with Crippen molar-refractivity contribution in [2.24, 2.45) is 0 Å². The molecule has 0 saturated heterocycles. The van der Waals surface area contributed by atoms with Crippen molar-refractivity contribution in [2.45, 2.75) is 0 Å². The quantitative estimate of drug-likeness (QED) is 0.677. The Morgan fingerprint density at radius 2 is 2.00 bits per heavy atom. The molecule has 0 aliphatic heterocycles. The molecule has 7 heteroatoms. The molecule has 0 aliphatic rings. The number of halogens is 1. The molecule has 0 bridgehead atoms. The topological polar surface area (TPSA) is 75.5 Å². The van der Waals surface area contributed by atoms with Crippen LogP contribution < -0.4 is 10.2 Å². The molecule has 0 saturated carbocycles. The van der Waals surface area contributed by atoms with Crippen LogP contribution in [-0.4, -0.2) is 24.4 Å². The molecule has 0 fully saturated rings. The van der Waals surface area contributed by atoms with E-state index in [9.17, 15) is 14.9 Å². The number of amides is 1. The standard InChI is InChI=1S/C15H14ClN3O3/c1-18(13-7-2-3-8-14(13)19(21)22)10-15(20)17-12-6-4-5-11(16)9-12/h2-9H,10H2,1H3,(H,17,20). The van der Waals surface area contributed by atoms with Gasteiger partial charge in [-0.3, -0.25) is 14.9 Å². The normalized spacial score (nSPS) is 10.1. The number of carbonyl (C=O) groups excluding carboxylic acids is 1. The summed E-state index contributed by atoms with van der Waals surface area (Å²) in [6.45, 7) is -0.0165. The Bertz CT molecular complexity index is 706. The van der Waals surface area contributed by atoms with Gasteiger partial charge in [0.15, 0.2) is 0 Å². The molecular weight excluding hydrogens is 306 g/mol. The predicted octanol–water partition coefficient (Wildman–Crippen LogP) is 3.32. The number of hydrogen-bond acceptors (Lipinski definition) is 4. The maximum atomic E-state index is 12.0. The summed E-state index contributed by atoms with van der Waals surface area (Å²) in [5.41, 5.74) is 0.919. The first-order valence-corrected chi connectivity index (χ1v) is 6.85. The molecule has 1 N–H and O–H groups in total. The average Bonchev–Trinajstić information content (AvgIpc) is 2.47. The summed E-state index contributed by atoms with van der Waals surface area (Å²) < 4.78 is 0. The number of nitro benzene ring substituents is 1. The number of hydrogen-bond donors (Lipinski definition) is 1. The lowest BCUT2D eigenvalue weighted by atomic mass is 10.2. The van der Waals surface area contributed by atoms with Crippen molar-refractivity contribution in [3.8, 4) is 0 Å². The molecule has 22 heavy (non-hydrogen) atoms. The first-order valence-electron chi connectivity index (χ1n) is 6.47. The van der Waals surface area contributed by atoms with Gasteiger partial charge in [0, 0.05) is 23.8 Å². The van der Waals surface area contributed by atoms with E-state index in [1.807, 2.05) is 0 Å². The average molecular weight is 320 g/mol. The number of para-hydroxylation sites is 2. The van der Waals surface area contributed by atoms with E-state index in [4.69, 9.17) is 11.6 Å². The highest BCUT2D eigenvalue weighted by atomic mass is 35.5. The Balaban J connectivity index is 2.07. The number of likely N-dealkylation sites (N-methyl/N-ethyl adjacent to an activating group) is 1. The molecule has 0 aromatic heterocycles. The molecule has 2 rings (SSSR count). The fourth-order valence-electron chi connectivity index (χ4n) is 2.01. The van der Waals surface area contributed by atoms with Crippen LogP contribution in [-0.2, 0) is 4.79 Å². The molecule has 0 radical (unpaired) electrons. The minimum absolute atomic E-state index is 0.0165. The number of anilines is 2. The Labute approximate surface area is 132 Å². The lowest BCUT2D eigenvalue weighted by molar-refractivity contribution is -0.384. The van der Waals surface area contributed by atoms with E-state index in [2.05, 4.69) is 5.32 Å². The largest absolute Gasteiger partial charge is 0.360 e. The summed E-state index contributed by atoms with van der Waals surface area (Å²) in [6.07, 6.45) is 0. The Kier molecular flexibility index (Phi) is 4.95. The van der Waals surface area contributed by atoms with E-state index in [1.54, 1.807) is 49.5 Å². The maximum Gasteiger partial charge on any atom is 0.292 e. The van der Waals surface area contributed by atoms with E-state index in [0.717, 1.165) is 0 Å². The van der Waals surface area contributed by atoms with Crippen LogP contribution in [0.2, 0.25) is 5.02 Å². The highest BCUT2D eigenvalue weighted by Crippen LogP contribution is 2.26. The van der Waals surface area contributed by atoms with Gasteiger partial charge in [0.1, 0.15) is 5.69 Å². The van der Waals surface area contributed by atoms with Crippen molar-refractivity contribution in [2.75, 3.05) is 23.8 Å². The molecule has 2 aromatic rings. The molecule has 6 nitrogen and oxygen atoms in total. The van der Waals surface area contributed by atoms with Crippen LogP contribution in [0.5, 0.6) is 0 Å². The zero-order valence-corrected chi connectivity index (χ0v) is 12.6. The van der Waals surface area contributed by atoms with E-state index >= 15 is 0 Å². The molecule has 0 heterocycles. The SMILES string of the molecule is CN(CC(=O)Nc1cccc(Cl)c1)c1ccccc1[N+](=O)[O-]. The Morgan fingerprint density at radius 1 is 1.27 bits per heavy atom. The van der Waals surface area contributed by atoms with Gasteiger partial charge >= 0.3 is 0 Å². The van der Waals surface area contributed by atoms with Gasteiger partial charge in [0.2, 0.25) is 5.91 Å². The van der Waals surface area contributed by atoms with Gasteiger partial charge in [-0.25, -0.2) is 0 Å². The molecule has 0 atom stereocenters. The molecular formula is C15H14ClN3O3. The summed E-state index contributed by atoms with van der Waals surface area (Å²) in [6, 6.07) is 13.1. The minimum atomic E-state index is -0.472. The number of nitro groups is 1. The van der Waals surface area contributed by atoms with Crippen LogP contribution in [0.4, 0.5) is 17.1 Å². The number of rotatable bonds is 5. The Morgan fingerprint density at radius 3 is 2.68 bits per heavy atom. The Hall–Kier alpha value is -2.60. The van der Waals surface area contributed by atoms with E-state index in [1.165, 1.54) is 11.0 Å². The summed E-state index contributed by atoms with van der Waals surface area (Å²) in [5, 5.41) is 14.2. The second-order valence-electron chi connectivity index (χ2n) is 4.66. The number of nitrogens with one attached hydrogen (secondary N) is 1. The monoisotopic (exact) mass is 319 g/mol. The fourth-order valence-corrected chi connectivity index (χ4v) is 2.20. The zero-order valence-electron chi connectivity index (χ0n) is 11.8. The summed E-state index contributed by atoms with van der Waals surface area (Å²) in [5.74, 6) is -0.289. The van der Waals surface area contributed by atoms with Gasteiger partial charge in [-0.1, -0.05) is 29.8 Å². The van der Waals surface area contributed by atoms with E-state index < -0.39 is 4.92 Å². The van der Waals surface area contributed by atoms with Gasteiger partial charge < -0.3 is 10.2 Å². The third kappa shape index (κ3) is 3.95. The van der Waals surface area contributed by atoms with Crippen LogP contribution in [0.25, 0.3) is 0 Å². The van der Waals surface area contributed by atoms with Crippen LogP contribution in [0.3, 0.4) is 0 Å². The maximum absolute atomic E-state index is 12.0. The van der Waals surface area contributed by atoms with Crippen LogP contribution in [0.1, 0.15) is 0 Å². The van der Waals surface area contributed by atoms with E-state index in [0.29, 0.717) is 16.4 Å². The van der Waals surface area contributed by atoms with Crippen molar-refractivity contribution < 1.29 is 9.72 Å². The highest BCUT2D eigenvalue weighted by molar-refractivity contribution is 6.30. The van der Waals surface area contributed by atoms with Gasteiger partial charge in [-0.15, -0.1) is 0 Å². The van der Waals surface area contributed by atoms with Crippen LogP contribution in [0.15, 0.2) is 48.5 Å². The molecule has 0 spiro atoms. The van der Waals surface area contributed by atoms with Crippen molar-refractivity contribution in [3.05, 3.63) is 63.7 Å². The number of nitrogens with zero attached hydrogens (tertiary/aromatic N) is 2. The first kappa shape index (κ1) is 15.8. The minimum Gasteiger partial charge on any atom is -0.360 e. The lowest BCUT2D eigenvalue weighted by Crippen LogP contribution is -2.30. The smallest absolute Gasteiger partial charge is 0.292 e. The molecule has 1 amide bonds. The summed E-state index contributed by atoms with van der Waals surface area (Å²) >= 11 is 5.85. The van der Waals surface area contributed by atoms with Crippen molar-refractivity contribution in [3.63, 3.8) is 0 Å². The van der Waals surface area contributed by atoms with Gasteiger partial charge in [-0.2, -0.15) is 0 Å². The summed E-state index contributed by atoms with van der Waals surface area (Å²) in [4.78, 5) is 24.1. The molecule has 0 unspecified atom stereocenters. The zero-order chi connectivity index (χ0) is 16.1. The highest BCUT2D eigenvalue weighted by Gasteiger charge is 2.17. The van der Waals surface area contributed by atoms with Crippen molar-refractivity contribution in [1.82, 2.24) is 0 Å². The fraction of sp³-hybridized carbons (Fsp3) is 0.133. The number of carbonyl (C=O) groups is 1. The second-order valence-corrected chi connectivity index (χ2v) is 5.10. The number of benzene rings is 2. The van der Waals surface area contributed by atoms with Crippen molar-refractivity contribution >= 4 is 34.6 Å².